The summed E-state index contributed by atoms with van der Waals surface area (Å²) in [6.45, 7) is 6.49. The molecule has 1 rings (SSSR count). The van der Waals surface area contributed by atoms with Crippen LogP contribution in [0.15, 0.2) is 6.07 Å². The summed E-state index contributed by atoms with van der Waals surface area (Å²) in [4.78, 5) is -2.08. The van der Waals surface area contributed by atoms with Gasteiger partial charge in [-0.25, -0.2) is 0 Å². The van der Waals surface area contributed by atoms with E-state index in [1.54, 1.807) is 33.8 Å². The van der Waals surface area contributed by atoms with E-state index in [-0.39, 0.29) is 5.56 Å². The van der Waals surface area contributed by atoms with Gasteiger partial charge in [0.25, 0.3) is 0 Å². The van der Waals surface area contributed by atoms with Gasteiger partial charge in [-0.05, 0) is 55.5 Å². The highest BCUT2D eigenvalue weighted by Gasteiger charge is 2.62. The second-order valence-electron chi connectivity index (χ2n) is 4.66. The fourth-order valence-electron chi connectivity index (χ4n) is 1.95. The molecule has 19 heavy (non-hydrogen) atoms. The number of rotatable bonds is 2. The highest BCUT2D eigenvalue weighted by molar-refractivity contribution is 9.09. The maximum absolute atomic E-state index is 13.5. The summed E-state index contributed by atoms with van der Waals surface area (Å²) < 4.78 is 64.3. The molecule has 0 aromatic heterocycles. The molecule has 0 aliphatic heterocycles. The summed E-state index contributed by atoms with van der Waals surface area (Å²) >= 11 is 2.54. The van der Waals surface area contributed by atoms with Gasteiger partial charge in [0.15, 0.2) is 0 Å². The highest BCUT2D eigenvalue weighted by atomic mass is 79.9. The van der Waals surface area contributed by atoms with Crippen LogP contribution >= 0.6 is 15.9 Å². The smallest absolute Gasteiger partial charge is 0.195 e. The Morgan fingerprint density at radius 2 is 1.26 bits per heavy atom. The maximum atomic E-state index is 13.5. The van der Waals surface area contributed by atoms with Crippen molar-refractivity contribution in [1.29, 1.82) is 0 Å². The van der Waals surface area contributed by atoms with E-state index in [9.17, 15) is 22.0 Å². The van der Waals surface area contributed by atoms with Crippen molar-refractivity contribution in [3.63, 3.8) is 0 Å². The Morgan fingerprint density at radius 3 is 1.58 bits per heavy atom. The Balaban J connectivity index is 3.47. The van der Waals surface area contributed by atoms with E-state index in [0.717, 1.165) is 0 Å². The standard InChI is InChI=1S/C13H14BrF5/c1-6-5-7(2)9(4)10(8(6)3)11(14)12(15,16)13(17,18)19/h5,11H,1-4H3. The van der Waals surface area contributed by atoms with Gasteiger partial charge in [0.1, 0.15) is 4.83 Å². The third kappa shape index (κ3) is 2.78. The molecule has 0 aliphatic rings. The number of aryl methyl sites for hydroxylation is 2. The third-order valence-electron chi connectivity index (χ3n) is 3.37. The average Bonchev–Trinajstić information content (AvgIpc) is 2.25. The van der Waals surface area contributed by atoms with E-state index in [1.807, 2.05) is 0 Å². The van der Waals surface area contributed by atoms with Gasteiger partial charge in [0.05, 0.1) is 0 Å². The van der Waals surface area contributed by atoms with Crippen molar-refractivity contribution in [3.05, 3.63) is 33.9 Å². The highest BCUT2D eigenvalue weighted by Crippen LogP contribution is 2.50. The molecule has 1 atom stereocenters. The molecule has 0 radical (unpaired) electrons. The van der Waals surface area contributed by atoms with Crippen LogP contribution in [0.4, 0.5) is 22.0 Å². The van der Waals surface area contributed by atoms with Gasteiger partial charge in [-0.1, -0.05) is 22.0 Å². The van der Waals surface area contributed by atoms with Gasteiger partial charge in [-0.2, -0.15) is 22.0 Å². The van der Waals surface area contributed by atoms with Crippen LogP contribution in [0.25, 0.3) is 0 Å². The lowest BCUT2D eigenvalue weighted by Crippen LogP contribution is -2.40. The van der Waals surface area contributed by atoms with Gasteiger partial charge in [0, 0.05) is 0 Å². The summed E-state index contributed by atoms with van der Waals surface area (Å²) in [6.07, 6.45) is -5.59. The maximum Gasteiger partial charge on any atom is 0.454 e. The summed E-state index contributed by atoms with van der Waals surface area (Å²) in [5, 5.41) is 0. The number of alkyl halides is 6. The minimum atomic E-state index is -5.59. The first-order valence-corrected chi connectivity index (χ1v) is 6.48. The Hall–Kier alpha value is -0.650. The molecule has 0 nitrogen and oxygen atoms in total. The van der Waals surface area contributed by atoms with Crippen LogP contribution in [-0.4, -0.2) is 12.1 Å². The summed E-state index contributed by atoms with van der Waals surface area (Å²) in [7, 11) is 0. The number of halogens is 6. The van der Waals surface area contributed by atoms with Crippen LogP contribution in [0.5, 0.6) is 0 Å². The summed E-state index contributed by atoms with van der Waals surface area (Å²) in [6, 6.07) is 1.78. The molecule has 0 N–H and O–H groups in total. The minimum absolute atomic E-state index is 0.0137. The molecule has 1 unspecified atom stereocenters. The molecule has 108 valence electrons. The van der Waals surface area contributed by atoms with Gasteiger partial charge >= 0.3 is 12.1 Å². The predicted molar refractivity (Wildman–Crippen MR) is 68.1 cm³/mol. The molecule has 1 aromatic rings. The first-order valence-electron chi connectivity index (χ1n) is 5.57. The molecule has 0 fully saturated rings. The molecule has 0 spiro atoms. The molecule has 6 heteroatoms. The van der Waals surface area contributed by atoms with E-state index < -0.39 is 16.9 Å². The van der Waals surface area contributed by atoms with Gasteiger partial charge in [-0.15, -0.1) is 0 Å². The van der Waals surface area contributed by atoms with Gasteiger partial charge < -0.3 is 0 Å². The average molecular weight is 345 g/mol. The van der Waals surface area contributed by atoms with E-state index in [0.29, 0.717) is 22.3 Å². The molecule has 0 bridgehead atoms. The lowest BCUT2D eigenvalue weighted by Gasteiger charge is -2.28. The normalized spacial score (nSPS) is 14.6. The zero-order valence-electron chi connectivity index (χ0n) is 10.9. The van der Waals surface area contributed by atoms with Crippen molar-refractivity contribution in [2.24, 2.45) is 0 Å². The molecule has 0 aliphatic carbocycles. The van der Waals surface area contributed by atoms with Crippen molar-refractivity contribution in [2.75, 3.05) is 0 Å². The Kier molecular flexibility index (Phi) is 4.35. The lowest BCUT2D eigenvalue weighted by atomic mass is 9.90. The van der Waals surface area contributed by atoms with Crippen LogP contribution in [0.1, 0.15) is 32.6 Å². The molecule has 1 aromatic carbocycles. The molecular formula is C13H14BrF5. The molecule has 0 saturated carbocycles. The second kappa shape index (κ2) is 5.04. The Bertz CT molecular complexity index is 465. The molecule has 0 amide bonds. The van der Waals surface area contributed by atoms with E-state index in [2.05, 4.69) is 15.9 Å². The fourth-order valence-corrected chi connectivity index (χ4v) is 2.90. The van der Waals surface area contributed by atoms with E-state index in [4.69, 9.17) is 0 Å². The van der Waals surface area contributed by atoms with Gasteiger partial charge in [-0.3, -0.25) is 0 Å². The zero-order chi connectivity index (χ0) is 15.2. The van der Waals surface area contributed by atoms with Gasteiger partial charge in [0.2, 0.25) is 0 Å². The molecular weight excluding hydrogens is 331 g/mol. The quantitative estimate of drug-likeness (QED) is 0.487. The van der Waals surface area contributed by atoms with Crippen molar-refractivity contribution < 1.29 is 22.0 Å². The zero-order valence-corrected chi connectivity index (χ0v) is 12.5. The first kappa shape index (κ1) is 16.4. The molecule has 0 saturated heterocycles. The second-order valence-corrected chi connectivity index (χ2v) is 5.57. The van der Waals surface area contributed by atoms with Crippen molar-refractivity contribution in [2.45, 2.75) is 44.6 Å². The monoisotopic (exact) mass is 344 g/mol. The Morgan fingerprint density at radius 1 is 0.895 bits per heavy atom. The lowest BCUT2D eigenvalue weighted by molar-refractivity contribution is -0.281. The van der Waals surface area contributed by atoms with Crippen LogP contribution in [0.2, 0.25) is 0 Å². The number of hydrogen-bond donors (Lipinski definition) is 0. The van der Waals surface area contributed by atoms with Crippen molar-refractivity contribution in [3.8, 4) is 0 Å². The van der Waals surface area contributed by atoms with Crippen LogP contribution in [0, 0.1) is 27.7 Å². The fraction of sp³-hybridized carbons (Fsp3) is 0.538. The SMILES string of the molecule is Cc1cc(C)c(C)c(C(Br)C(F)(F)C(F)(F)F)c1C. The van der Waals surface area contributed by atoms with Crippen LogP contribution in [-0.2, 0) is 0 Å². The number of benzene rings is 1. The van der Waals surface area contributed by atoms with E-state index >= 15 is 0 Å². The molecule has 0 heterocycles. The topological polar surface area (TPSA) is 0 Å². The first-order chi connectivity index (χ1) is 8.41. The largest absolute Gasteiger partial charge is 0.454 e. The van der Waals surface area contributed by atoms with Crippen molar-refractivity contribution in [1.82, 2.24) is 0 Å². The Labute approximate surface area is 117 Å². The number of hydrogen-bond acceptors (Lipinski definition) is 0. The van der Waals surface area contributed by atoms with E-state index in [1.165, 1.54) is 0 Å². The third-order valence-corrected chi connectivity index (χ3v) is 4.41. The van der Waals surface area contributed by atoms with Crippen molar-refractivity contribution >= 4 is 15.9 Å². The van der Waals surface area contributed by atoms with Crippen LogP contribution < -0.4 is 0 Å². The summed E-state index contributed by atoms with van der Waals surface area (Å²) in [5.41, 5.74) is 2.31. The van der Waals surface area contributed by atoms with Crippen LogP contribution in [0.3, 0.4) is 0 Å². The minimum Gasteiger partial charge on any atom is -0.195 e. The predicted octanol–water partition coefficient (Wildman–Crippen LogP) is 5.55. The summed E-state index contributed by atoms with van der Waals surface area (Å²) in [5.74, 6) is -4.82.